The van der Waals surface area contributed by atoms with Gasteiger partial charge in [0.2, 0.25) is 0 Å². The van der Waals surface area contributed by atoms with E-state index in [1.54, 1.807) is 36.9 Å². The van der Waals surface area contributed by atoms with Crippen molar-refractivity contribution in [1.82, 2.24) is 29.7 Å². The molecule has 0 spiro atoms. The van der Waals surface area contributed by atoms with Crippen LogP contribution in [0.1, 0.15) is 16.1 Å². The molecule has 3 heterocycles. The van der Waals surface area contributed by atoms with Gasteiger partial charge in [-0.2, -0.15) is 0 Å². The maximum Gasteiger partial charge on any atom is 0.251 e. The smallest absolute Gasteiger partial charge is 0.251 e. The molecule has 0 saturated heterocycles. The van der Waals surface area contributed by atoms with Crippen LogP contribution in [0.4, 0.5) is 0 Å². The predicted octanol–water partition coefficient (Wildman–Crippen LogP) is 3.78. The van der Waals surface area contributed by atoms with Crippen LogP contribution in [-0.2, 0) is 6.54 Å². The number of hydrogen-bond acceptors (Lipinski definition) is 5. The Morgan fingerprint density at radius 2 is 1.65 bits per heavy atom. The molecule has 5 aromatic rings. The summed E-state index contributed by atoms with van der Waals surface area (Å²) in [6.45, 7) is 0.328. The summed E-state index contributed by atoms with van der Waals surface area (Å²) >= 11 is 0. The number of carbonyl (C=O) groups excluding carboxylic acids is 1. The van der Waals surface area contributed by atoms with Gasteiger partial charge in [0.15, 0.2) is 0 Å². The summed E-state index contributed by atoms with van der Waals surface area (Å²) in [5.74, 6) is 0.627. The number of aromatic nitrogens is 5. The molecule has 31 heavy (non-hydrogen) atoms. The Labute approximate surface area is 178 Å². The van der Waals surface area contributed by atoms with E-state index in [0.29, 0.717) is 17.8 Å². The number of nitrogens with one attached hydrogen (secondary N) is 1. The van der Waals surface area contributed by atoms with E-state index in [1.807, 2.05) is 59.3 Å². The quantitative estimate of drug-likeness (QED) is 0.480. The summed E-state index contributed by atoms with van der Waals surface area (Å²) in [6, 6.07) is 17.4. The highest BCUT2D eigenvalue weighted by Gasteiger charge is 2.11. The first-order valence-corrected chi connectivity index (χ1v) is 9.80. The van der Waals surface area contributed by atoms with Gasteiger partial charge >= 0.3 is 0 Å². The van der Waals surface area contributed by atoms with Gasteiger partial charge in [-0.1, -0.05) is 42.5 Å². The molecule has 0 radical (unpaired) electrons. The third kappa shape index (κ3) is 3.89. The SMILES string of the molecule is O=C(NCc1cnccn1)c1ccc(-c2ncc3cnc(-c4ccccc4)cn23)cc1. The molecule has 1 amide bonds. The second-order valence-electron chi connectivity index (χ2n) is 6.97. The zero-order valence-electron chi connectivity index (χ0n) is 16.5. The molecule has 5 rings (SSSR count). The van der Waals surface area contributed by atoms with Crippen LogP contribution in [-0.4, -0.2) is 30.2 Å². The van der Waals surface area contributed by atoms with Gasteiger partial charge in [-0.3, -0.25) is 24.1 Å². The number of nitrogens with zero attached hydrogens (tertiary/aromatic N) is 5. The molecule has 0 aliphatic rings. The molecule has 7 heteroatoms. The van der Waals surface area contributed by atoms with Crippen molar-refractivity contribution in [3.05, 3.63) is 103 Å². The van der Waals surface area contributed by atoms with E-state index < -0.39 is 0 Å². The lowest BCUT2D eigenvalue weighted by atomic mass is 10.1. The van der Waals surface area contributed by atoms with Crippen molar-refractivity contribution in [2.75, 3.05) is 0 Å². The molecule has 150 valence electrons. The van der Waals surface area contributed by atoms with Crippen molar-refractivity contribution in [3.8, 4) is 22.6 Å². The van der Waals surface area contributed by atoms with Gasteiger partial charge in [0.1, 0.15) is 5.82 Å². The second kappa shape index (κ2) is 8.16. The highest BCUT2D eigenvalue weighted by Crippen LogP contribution is 2.23. The molecule has 0 fully saturated rings. The van der Waals surface area contributed by atoms with Crippen LogP contribution < -0.4 is 5.32 Å². The lowest BCUT2D eigenvalue weighted by Gasteiger charge is -2.07. The van der Waals surface area contributed by atoms with Crippen LogP contribution >= 0.6 is 0 Å². The molecular weight excluding hydrogens is 388 g/mol. The van der Waals surface area contributed by atoms with Crippen molar-refractivity contribution < 1.29 is 4.79 Å². The second-order valence-corrected chi connectivity index (χ2v) is 6.97. The molecule has 0 atom stereocenters. The fourth-order valence-corrected chi connectivity index (χ4v) is 3.33. The fraction of sp³-hybridized carbons (Fsp3) is 0.0417. The molecule has 0 saturated carbocycles. The van der Waals surface area contributed by atoms with Gasteiger partial charge in [0.25, 0.3) is 5.91 Å². The van der Waals surface area contributed by atoms with Crippen LogP contribution in [0.25, 0.3) is 28.2 Å². The van der Waals surface area contributed by atoms with Crippen LogP contribution in [0.3, 0.4) is 0 Å². The predicted molar refractivity (Wildman–Crippen MR) is 117 cm³/mol. The van der Waals surface area contributed by atoms with E-state index in [2.05, 4.69) is 25.3 Å². The number of imidazole rings is 1. The first-order valence-electron chi connectivity index (χ1n) is 9.80. The maximum absolute atomic E-state index is 12.4. The minimum absolute atomic E-state index is 0.166. The topological polar surface area (TPSA) is 85.1 Å². The Kier molecular flexibility index (Phi) is 4.90. The maximum atomic E-state index is 12.4. The average Bonchev–Trinajstić information content (AvgIpc) is 3.27. The normalized spacial score (nSPS) is 10.8. The standard InChI is InChI=1S/C24H18N6O/c31-24(29-13-20-12-25-10-11-26-20)19-8-6-18(7-9-19)23-28-15-21-14-27-22(16-30(21)23)17-4-2-1-3-5-17/h1-12,14-16H,13H2,(H,29,31). The number of carbonyl (C=O) groups is 1. The summed E-state index contributed by atoms with van der Waals surface area (Å²) in [4.78, 5) is 29.7. The Bertz CT molecular complexity index is 1330. The Morgan fingerprint density at radius 3 is 2.42 bits per heavy atom. The number of benzene rings is 2. The minimum atomic E-state index is -0.166. The summed E-state index contributed by atoms with van der Waals surface area (Å²) in [5.41, 5.74) is 5.00. The lowest BCUT2D eigenvalue weighted by Crippen LogP contribution is -2.23. The van der Waals surface area contributed by atoms with Crippen molar-refractivity contribution in [2.24, 2.45) is 0 Å². The molecule has 0 unspecified atom stereocenters. The monoisotopic (exact) mass is 406 g/mol. The molecule has 7 nitrogen and oxygen atoms in total. The molecule has 3 aromatic heterocycles. The van der Waals surface area contributed by atoms with Crippen LogP contribution in [0.15, 0.2) is 91.8 Å². The minimum Gasteiger partial charge on any atom is -0.346 e. The molecule has 2 aromatic carbocycles. The fourth-order valence-electron chi connectivity index (χ4n) is 3.33. The van der Waals surface area contributed by atoms with Gasteiger partial charge in [0.05, 0.1) is 42.0 Å². The molecule has 1 N–H and O–H groups in total. The van der Waals surface area contributed by atoms with Gasteiger partial charge in [-0.05, 0) is 12.1 Å². The molecular formula is C24H18N6O. The van der Waals surface area contributed by atoms with E-state index in [9.17, 15) is 4.79 Å². The van der Waals surface area contributed by atoms with Gasteiger partial charge in [0, 0.05) is 35.3 Å². The Balaban J connectivity index is 1.38. The molecule has 0 aliphatic heterocycles. The highest BCUT2D eigenvalue weighted by molar-refractivity contribution is 5.94. The Morgan fingerprint density at radius 1 is 0.839 bits per heavy atom. The number of fused-ring (bicyclic) bond motifs is 1. The van der Waals surface area contributed by atoms with Gasteiger partial charge in [-0.25, -0.2) is 4.98 Å². The largest absolute Gasteiger partial charge is 0.346 e. The zero-order chi connectivity index (χ0) is 21.0. The lowest BCUT2D eigenvalue weighted by molar-refractivity contribution is 0.0950. The van der Waals surface area contributed by atoms with E-state index in [1.165, 1.54) is 0 Å². The van der Waals surface area contributed by atoms with Crippen molar-refractivity contribution in [3.63, 3.8) is 0 Å². The van der Waals surface area contributed by atoms with Crippen molar-refractivity contribution in [1.29, 1.82) is 0 Å². The molecule has 0 bridgehead atoms. The van der Waals surface area contributed by atoms with Gasteiger partial charge in [-0.15, -0.1) is 0 Å². The van der Waals surface area contributed by atoms with E-state index in [-0.39, 0.29) is 5.91 Å². The Hall–Kier alpha value is -4.39. The number of hydrogen-bond donors (Lipinski definition) is 1. The summed E-state index contributed by atoms with van der Waals surface area (Å²) in [7, 11) is 0. The molecule has 0 aliphatic carbocycles. The number of rotatable bonds is 5. The average molecular weight is 406 g/mol. The first kappa shape index (κ1) is 18.6. The summed E-state index contributed by atoms with van der Waals surface area (Å²) in [5, 5.41) is 2.85. The van der Waals surface area contributed by atoms with Crippen molar-refractivity contribution in [2.45, 2.75) is 6.54 Å². The summed E-state index contributed by atoms with van der Waals surface area (Å²) < 4.78 is 2.01. The van der Waals surface area contributed by atoms with Crippen LogP contribution in [0.5, 0.6) is 0 Å². The first-order chi connectivity index (χ1) is 15.3. The van der Waals surface area contributed by atoms with Gasteiger partial charge < -0.3 is 5.32 Å². The van der Waals surface area contributed by atoms with E-state index in [4.69, 9.17) is 0 Å². The third-order valence-corrected chi connectivity index (χ3v) is 4.93. The third-order valence-electron chi connectivity index (χ3n) is 4.93. The zero-order valence-corrected chi connectivity index (χ0v) is 16.5. The highest BCUT2D eigenvalue weighted by atomic mass is 16.1. The van der Waals surface area contributed by atoms with Crippen LogP contribution in [0, 0.1) is 0 Å². The van der Waals surface area contributed by atoms with Crippen molar-refractivity contribution >= 4 is 11.4 Å². The summed E-state index contributed by atoms with van der Waals surface area (Å²) in [6.07, 6.45) is 10.4. The van der Waals surface area contributed by atoms with E-state index in [0.717, 1.165) is 28.2 Å². The van der Waals surface area contributed by atoms with E-state index >= 15 is 0 Å². The van der Waals surface area contributed by atoms with Crippen LogP contribution in [0.2, 0.25) is 0 Å². The number of amides is 1.